The number of hydrogen-bond acceptors (Lipinski definition) is 2. The smallest absolute Gasteiger partial charge is 0.0233 e. The first kappa shape index (κ1) is 16.5. The Morgan fingerprint density at radius 2 is 1.67 bits per heavy atom. The van der Waals surface area contributed by atoms with Crippen LogP contribution in [0.15, 0.2) is 24.3 Å². The Morgan fingerprint density at radius 3 is 2.38 bits per heavy atom. The molecule has 1 heterocycles. The van der Waals surface area contributed by atoms with Gasteiger partial charge in [-0.25, -0.2) is 0 Å². The summed E-state index contributed by atoms with van der Waals surface area (Å²) in [6, 6.07) is 9.12. The highest BCUT2D eigenvalue weighted by molar-refractivity contribution is 5.23. The summed E-state index contributed by atoms with van der Waals surface area (Å²) in [7, 11) is 0. The highest BCUT2D eigenvalue weighted by atomic mass is 15.1. The quantitative estimate of drug-likeness (QED) is 0.844. The molecule has 0 saturated carbocycles. The van der Waals surface area contributed by atoms with Gasteiger partial charge in [0.2, 0.25) is 0 Å². The molecule has 1 aliphatic heterocycles. The van der Waals surface area contributed by atoms with Gasteiger partial charge >= 0.3 is 0 Å². The molecular formula is C19H32N2. The van der Waals surface area contributed by atoms with Crippen LogP contribution in [-0.2, 0) is 13.1 Å². The second-order valence-corrected chi connectivity index (χ2v) is 6.89. The summed E-state index contributed by atoms with van der Waals surface area (Å²) in [6.07, 6.45) is 7.00. The predicted octanol–water partition coefficient (Wildman–Crippen LogP) is 4.20. The molecule has 1 N–H and O–H groups in total. The zero-order valence-electron chi connectivity index (χ0n) is 13.9. The van der Waals surface area contributed by atoms with E-state index in [1.54, 1.807) is 0 Å². The lowest BCUT2D eigenvalue weighted by Gasteiger charge is -2.24. The number of nitrogens with one attached hydrogen (secondary N) is 1. The monoisotopic (exact) mass is 288 g/mol. The first-order valence-electron chi connectivity index (χ1n) is 8.75. The van der Waals surface area contributed by atoms with Gasteiger partial charge in [-0.3, -0.25) is 4.90 Å². The Hall–Kier alpha value is -0.860. The second kappa shape index (κ2) is 9.22. The summed E-state index contributed by atoms with van der Waals surface area (Å²) in [4.78, 5) is 2.64. The van der Waals surface area contributed by atoms with Crippen molar-refractivity contribution in [3.05, 3.63) is 35.4 Å². The fraction of sp³-hybridized carbons (Fsp3) is 0.684. The maximum atomic E-state index is 3.54. The van der Waals surface area contributed by atoms with Crippen LogP contribution in [0, 0.1) is 5.92 Å². The minimum absolute atomic E-state index is 0.717. The van der Waals surface area contributed by atoms with Crippen LogP contribution in [0.3, 0.4) is 0 Å². The van der Waals surface area contributed by atoms with Crippen LogP contribution in [-0.4, -0.2) is 24.5 Å². The van der Waals surface area contributed by atoms with Crippen LogP contribution < -0.4 is 5.32 Å². The van der Waals surface area contributed by atoms with E-state index in [1.165, 1.54) is 56.3 Å². The average molecular weight is 288 g/mol. The average Bonchev–Trinajstić information content (AvgIpc) is 2.42. The predicted molar refractivity (Wildman–Crippen MR) is 91.3 cm³/mol. The molecule has 2 heteroatoms. The topological polar surface area (TPSA) is 15.3 Å². The van der Waals surface area contributed by atoms with Gasteiger partial charge in [-0.1, -0.05) is 57.4 Å². The molecule has 0 atom stereocenters. The first-order chi connectivity index (χ1) is 10.2. The Balaban J connectivity index is 1.84. The molecule has 1 aromatic carbocycles. The van der Waals surface area contributed by atoms with Gasteiger partial charge in [0.25, 0.3) is 0 Å². The fourth-order valence-corrected chi connectivity index (χ4v) is 3.07. The minimum atomic E-state index is 0.717. The van der Waals surface area contributed by atoms with E-state index in [0.29, 0.717) is 5.92 Å². The molecule has 0 aromatic heterocycles. The van der Waals surface area contributed by atoms with Crippen molar-refractivity contribution in [3.8, 4) is 0 Å². The first-order valence-corrected chi connectivity index (χ1v) is 8.75. The van der Waals surface area contributed by atoms with E-state index in [-0.39, 0.29) is 0 Å². The maximum Gasteiger partial charge on any atom is 0.0233 e. The molecule has 0 spiro atoms. The summed E-state index contributed by atoms with van der Waals surface area (Å²) in [6.45, 7) is 10.3. The van der Waals surface area contributed by atoms with Crippen molar-refractivity contribution in [2.24, 2.45) is 5.92 Å². The van der Waals surface area contributed by atoms with Gasteiger partial charge in [-0.15, -0.1) is 0 Å². The summed E-state index contributed by atoms with van der Waals surface area (Å²) in [5.41, 5.74) is 2.89. The van der Waals surface area contributed by atoms with E-state index in [4.69, 9.17) is 0 Å². The van der Waals surface area contributed by atoms with Crippen molar-refractivity contribution in [1.82, 2.24) is 10.2 Å². The molecule has 1 aliphatic rings. The van der Waals surface area contributed by atoms with E-state index in [2.05, 4.69) is 48.3 Å². The number of hydrogen-bond donors (Lipinski definition) is 1. The van der Waals surface area contributed by atoms with Crippen LogP contribution in [0.25, 0.3) is 0 Å². The molecule has 1 fully saturated rings. The van der Waals surface area contributed by atoms with Crippen molar-refractivity contribution in [1.29, 1.82) is 0 Å². The van der Waals surface area contributed by atoms with Crippen LogP contribution >= 0.6 is 0 Å². The third kappa shape index (κ3) is 6.62. The minimum Gasteiger partial charge on any atom is -0.312 e. The summed E-state index contributed by atoms with van der Waals surface area (Å²) in [5.74, 6) is 0.717. The molecule has 21 heavy (non-hydrogen) atoms. The number of benzene rings is 1. The molecule has 0 aliphatic carbocycles. The van der Waals surface area contributed by atoms with Crippen LogP contribution in [0.4, 0.5) is 0 Å². The molecule has 1 aromatic rings. The summed E-state index contributed by atoms with van der Waals surface area (Å²) < 4.78 is 0. The zero-order valence-corrected chi connectivity index (χ0v) is 13.9. The maximum absolute atomic E-state index is 3.54. The highest BCUT2D eigenvalue weighted by Gasteiger charge is 2.09. The van der Waals surface area contributed by atoms with Crippen molar-refractivity contribution in [3.63, 3.8) is 0 Å². The van der Waals surface area contributed by atoms with Gasteiger partial charge in [-0.05, 0) is 49.5 Å². The lowest BCUT2D eigenvalue weighted by atomic mass is 10.1. The van der Waals surface area contributed by atoms with E-state index < -0.39 is 0 Å². The van der Waals surface area contributed by atoms with Crippen molar-refractivity contribution in [2.45, 2.75) is 59.0 Å². The van der Waals surface area contributed by atoms with Crippen LogP contribution in [0.2, 0.25) is 0 Å². The standard InChI is InChI=1S/C19H32N2/c1-17(2)14-20-15-18-9-8-10-19(13-18)16-21-11-6-4-3-5-7-12-21/h8-10,13,17,20H,3-7,11-12,14-16H2,1-2H3. The molecule has 0 bridgehead atoms. The molecule has 0 amide bonds. The Kier molecular flexibility index (Phi) is 7.25. The molecule has 118 valence electrons. The summed E-state index contributed by atoms with van der Waals surface area (Å²) >= 11 is 0. The second-order valence-electron chi connectivity index (χ2n) is 6.89. The van der Waals surface area contributed by atoms with E-state index in [0.717, 1.165) is 19.6 Å². The fourth-order valence-electron chi connectivity index (χ4n) is 3.07. The third-order valence-electron chi connectivity index (χ3n) is 4.23. The zero-order chi connectivity index (χ0) is 14.9. The highest BCUT2D eigenvalue weighted by Crippen LogP contribution is 2.14. The Bertz CT molecular complexity index is 392. The van der Waals surface area contributed by atoms with Crippen molar-refractivity contribution < 1.29 is 0 Å². The van der Waals surface area contributed by atoms with Gasteiger partial charge in [0.15, 0.2) is 0 Å². The van der Waals surface area contributed by atoms with Gasteiger partial charge in [0.1, 0.15) is 0 Å². The largest absolute Gasteiger partial charge is 0.312 e. The lowest BCUT2D eigenvalue weighted by Crippen LogP contribution is -2.27. The summed E-state index contributed by atoms with van der Waals surface area (Å²) in [5, 5.41) is 3.54. The van der Waals surface area contributed by atoms with Crippen molar-refractivity contribution >= 4 is 0 Å². The number of rotatable bonds is 6. The number of likely N-dealkylation sites (tertiary alicyclic amines) is 1. The van der Waals surface area contributed by atoms with Gasteiger partial charge in [-0.2, -0.15) is 0 Å². The SMILES string of the molecule is CC(C)CNCc1cccc(CN2CCCCCCC2)c1. The van der Waals surface area contributed by atoms with Crippen LogP contribution in [0.5, 0.6) is 0 Å². The molecule has 2 rings (SSSR count). The molecule has 0 unspecified atom stereocenters. The molecule has 0 radical (unpaired) electrons. The van der Waals surface area contributed by atoms with Gasteiger partial charge < -0.3 is 5.32 Å². The van der Waals surface area contributed by atoms with Gasteiger partial charge in [0, 0.05) is 13.1 Å². The Morgan fingerprint density at radius 1 is 1.00 bits per heavy atom. The lowest BCUT2D eigenvalue weighted by molar-refractivity contribution is 0.240. The number of nitrogens with zero attached hydrogens (tertiary/aromatic N) is 1. The molecular weight excluding hydrogens is 256 g/mol. The molecule has 2 nitrogen and oxygen atoms in total. The third-order valence-corrected chi connectivity index (χ3v) is 4.23. The van der Waals surface area contributed by atoms with E-state index >= 15 is 0 Å². The van der Waals surface area contributed by atoms with E-state index in [1.807, 2.05) is 0 Å². The Labute approximate surface area is 130 Å². The van der Waals surface area contributed by atoms with Crippen molar-refractivity contribution in [2.75, 3.05) is 19.6 Å². The van der Waals surface area contributed by atoms with Crippen LogP contribution in [0.1, 0.15) is 57.1 Å². The normalized spacial score (nSPS) is 17.7. The van der Waals surface area contributed by atoms with E-state index in [9.17, 15) is 0 Å². The van der Waals surface area contributed by atoms with Gasteiger partial charge in [0.05, 0.1) is 0 Å². The molecule has 1 saturated heterocycles.